The largest absolute Gasteiger partial charge is 0.593 e. The standard InChI is InChI=1S/C24H21FN4OS/c25-21-14-18(10-11-20(21)22-15-28-24(26)16-27-22)19-8-4-5-9-23(19)31(30)29-13-12-17-6-2-1-3-7-17/h1-11,14-16,29H,12-13H2,(H2,26,28). The molecule has 1 aromatic heterocycles. The molecule has 3 aromatic carbocycles. The normalized spacial score (nSPS) is 11.9. The molecule has 0 aliphatic rings. The van der Waals surface area contributed by atoms with Crippen LogP contribution in [0, 0.1) is 5.82 Å². The summed E-state index contributed by atoms with van der Waals surface area (Å²) in [5.74, 6) is -0.161. The molecule has 0 radical (unpaired) electrons. The van der Waals surface area contributed by atoms with Gasteiger partial charge in [-0.2, -0.15) is 0 Å². The van der Waals surface area contributed by atoms with Crippen LogP contribution >= 0.6 is 0 Å². The molecule has 1 atom stereocenters. The molecule has 5 nitrogen and oxygen atoms in total. The van der Waals surface area contributed by atoms with Gasteiger partial charge in [0.25, 0.3) is 0 Å². The summed E-state index contributed by atoms with van der Waals surface area (Å²) in [5, 5.41) is 0. The van der Waals surface area contributed by atoms with Crippen LogP contribution in [0.3, 0.4) is 0 Å². The minimum Gasteiger partial charge on any atom is -0.593 e. The maximum absolute atomic E-state index is 14.9. The Morgan fingerprint density at radius 3 is 2.42 bits per heavy atom. The molecule has 4 aromatic rings. The number of anilines is 1. The molecular weight excluding hydrogens is 411 g/mol. The minimum absolute atomic E-state index is 0.275. The van der Waals surface area contributed by atoms with Crippen molar-refractivity contribution in [3.05, 3.63) is 96.6 Å². The first-order valence-electron chi connectivity index (χ1n) is 9.78. The number of hydrogen-bond acceptors (Lipinski definition) is 5. The fourth-order valence-electron chi connectivity index (χ4n) is 3.24. The highest BCUT2D eigenvalue weighted by Crippen LogP contribution is 2.31. The topological polar surface area (TPSA) is 86.9 Å². The zero-order valence-electron chi connectivity index (χ0n) is 16.7. The first-order chi connectivity index (χ1) is 15.1. The highest BCUT2D eigenvalue weighted by molar-refractivity contribution is 7.89. The second kappa shape index (κ2) is 9.70. The van der Waals surface area contributed by atoms with Gasteiger partial charge >= 0.3 is 0 Å². The monoisotopic (exact) mass is 432 g/mol. The van der Waals surface area contributed by atoms with Gasteiger partial charge in [0.05, 0.1) is 29.4 Å². The summed E-state index contributed by atoms with van der Waals surface area (Å²) in [5.41, 5.74) is 8.80. The molecule has 0 saturated heterocycles. The van der Waals surface area contributed by atoms with Crippen molar-refractivity contribution >= 4 is 17.2 Å². The van der Waals surface area contributed by atoms with E-state index in [4.69, 9.17) is 5.73 Å². The Hall–Kier alpha value is -3.26. The number of hydrogen-bond donors (Lipinski definition) is 2. The highest BCUT2D eigenvalue weighted by atomic mass is 32.2. The smallest absolute Gasteiger partial charge is 0.181 e. The number of aromatic nitrogens is 2. The van der Waals surface area contributed by atoms with Crippen LogP contribution in [0.15, 0.2) is 90.1 Å². The first kappa shape index (κ1) is 21.0. The fraction of sp³-hybridized carbons (Fsp3) is 0.0833. The molecule has 0 saturated carbocycles. The van der Waals surface area contributed by atoms with Crippen LogP contribution in [-0.2, 0) is 17.8 Å². The van der Waals surface area contributed by atoms with Crippen LogP contribution in [0.2, 0.25) is 0 Å². The van der Waals surface area contributed by atoms with Crippen molar-refractivity contribution in [2.75, 3.05) is 12.3 Å². The van der Waals surface area contributed by atoms with Crippen molar-refractivity contribution in [1.82, 2.24) is 14.7 Å². The quantitative estimate of drug-likeness (QED) is 0.423. The zero-order valence-corrected chi connectivity index (χ0v) is 17.5. The summed E-state index contributed by atoms with van der Waals surface area (Å²) in [6.07, 6.45) is 3.59. The van der Waals surface area contributed by atoms with Gasteiger partial charge in [0, 0.05) is 17.7 Å². The molecule has 7 heteroatoms. The molecule has 0 amide bonds. The van der Waals surface area contributed by atoms with Crippen LogP contribution in [0.5, 0.6) is 0 Å². The molecular formula is C24H21FN4OS. The van der Waals surface area contributed by atoms with Gasteiger partial charge in [0.2, 0.25) is 0 Å². The predicted octanol–water partition coefficient (Wildman–Crippen LogP) is 4.39. The molecule has 4 rings (SSSR count). The van der Waals surface area contributed by atoms with Gasteiger partial charge in [-0.15, -0.1) is 4.72 Å². The molecule has 0 bridgehead atoms. The minimum atomic E-state index is -1.43. The number of halogens is 1. The molecule has 0 aliphatic heterocycles. The van der Waals surface area contributed by atoms with E-state index in [1.807, 2.05) is 48.5 Å². The Labute approximate surface area is 183 Å². The van der Waals surface area contributed by atoms with Gasteiger partial charge in [-0.3, -0.25) is 4.98 Å². The molecule has 1 unspecified atom stereocenters. The van der Waals surface area contributed by atoms with Crippen molar-refractivity contribution in [3.63, 3.8) is 0 Å². The fourth-order valence-corrected chi connectivity index (χ4v) is 4.28. The van der Waals surface area contributed by atoms with Gasteiger partial charge in [0.1, 0.15) is 11.6 Å². The third-order valence-electron chi connectivity index (χ3n) is 4.80. The van der Waals surface area contributed by atoms with Crippen molar-refractivity contribution in [1.29, 1.82) is 0 Å². The van der Waals surface area contributed by atoms with E-state index in [2.05, 4.69) is 14.7 Å². The first-order valence-corrected chi connectivity index (χ1v) is 10.9. The zero-order chi connectivity index (χ0) is 21.6. The highest BCUT2D eigenvalue weighted by Gasteiger charge is 2.18. The predicted molar refractivity (Wildman–Crippen MR) is 122 cm³/mol. The van der Waals surface area contributed by atoms with Crippen molar-refractivity contribution in [2.45, 2.75) is 11.3 Å². The average molecular weight is 433 g/mol. The average Bonchev–Trinajstić information content (AvgIpc) is 2.80. The van der Waals surface area contributed by atoms with E-state index in [0.717, 1.165) is 6.42 Å². The lowest BCUT2D eigenvalue weighted by molar-refractivity contribution is 0.581. The van der Waals surface area contributed by atoms with Crippen LogP contribution in [0.25, 0.3) is 22.4 Å². The Morgan fingerprint density at radius 1 is 0.903 bits per heavy atom. The summed E-state index contributed by atoms with van der Waals surface area (Å²) in [6, 6.07) is 22.2. The summed E-state index contributed by atoms with van der Waals surface area (Å²) in [7, 11) is 0. The van der Waals surface area contributed by atoms with E-state index in [0.29, 0.717) is 33.8 Å². The van der Waals surface area contributed by atoms with Crippen molar-refractivity contribution in [2.24, 2.45) is 0 Å². The molecule has 31 heavy (non-hydrogen) atoms. The van der Waals surface area contributed by atoms with E-state index in [1.165, 1.54) is 24.0 Å². The molecule has 0 fully saturated rings. The van der Waals surface area contributed by atoms with Crippen LogP contribution in [0.1, 0.15) is 5.56 Å². The van der Waals surface area contributed by atoms with E-state index >= 15 is 0 Å². The molecule has 156 valence electrons. The number of nitrogens with two attached hydrogens (primary N) is 1. The third-order valence-corrected chi connectivity index (χ3v) is 6.03. The molecule has 1 heterocycles. The number of nitrogens with zero attached hydrogens (tertiary/aromatic N) is 2. The maximum atomic E-state index is 14.9. The van der Waals surface area contributed by atoms with E-state index in [9.17, 15) is 8.94 Å². The van der Waals surface area contributed by atoms with Gasteiger partial charge in [-0.1, -0.05) is 48.5 Å². The third kappa shape index (κ3) is 5.08. The molecule has 0 spiro atoms. The number of nitrogens with one attached hydrogen (secondary N) is 1. The summed E-state index contributed by atoms with van der Waals surface area (Å²) >= 11 is -1.43. The number of nitrogen functional groups attached to an aromatic ring is 1. The Kier molecular flexibility index (Phi) is 6.57. The van der Waals surface area contributed by atoms with Crippen LogP contribution < -0.4 is 10.5 Å². The lowest BCUT2D eigenvalue weighted by Gasteiger charge is -2.15. The van der Waals surface area contributed by atoms with E-state index in [-0.39, 0.29) is 5.82 Å². The van der Waals surface area contributed by atoms with E-state index < -0.39 is 17.2 Å². The molecule has 3 N–H and O–H groups in total. The number of benzene rings is 3. The van der Waals surface area contributed by atoms with Crippen molar-refractivity contribution in [3.8, 4) is 22.4 Å². The van der Waals surface area contributed by atoms with Crippen LogP contribution in [0.4, 0.5) is 10.2 Å². The summed E-state index contributed by atoms with van der Waals surface area (Å²) in [4.78, 5) is 8.70. The molecule has 0 aliphatic carbocycles. The van der Waals surface area contributed by atoms with E-state index in [1.54, 1.807) is 18.2 Å². The van der Waals surface area contributed by atoms with Gasteiger partial charge in [0.15, 0.2) is 4.90 Å². The number of rotatable bonds is 7. The lowest BCUT2D eigenvalue weighted by atomic mass is 10.0. The Morgan fingerprint density at radius 2 is 1.68 bits per heavy atom. The van der Waals surface area contributed by atoms with Crippen LogP contribution in [-0.4, -0.2) is 21.1 Å². The van der Waals surface area contributed by atoms with Gasteiger partial charge in [-0.25, -0.2) is 9.37 Å². The van der Waals surface area contributed by atoms with Gasteiger partial charge < -0.3 is 10.3 Å². The summed E-state index contributed by atoms with van der Waals surface area (Å²) in [6.45, 7) is 0.564. The van der Waals surface area contributed by atoms with Crippen molar-refractivity contribution < 1.29 is 8.94 Å². The second-order valence-electron chi connectivity index (χ2n) is 6.92. The van der Waals surface area contributed by atoms with Gasteiger partial charge in [-0.05, 0) is 41.8 Å². The second-order valence-corrected chi connectivity index (χ2v) is 8.18. The lowest BCUT2D eigenvalue weighted by Crippen LogP contribution is -2.26. The Bertz CT molecular complexity index is 1160. The Balaban J connectivity index is 1.53. The summed E-state index contributed by atoms with van der Waals surface area (Å²) < 4.78 is 30.8. The SMILES string of the molecule is Nc1cnc(-c2ccc(-c3ccccc3[S+]([O-])NCCc3ccccc3)cc2F)cn1. The maximum Gasteiger partial charge on any atom is 0.181 e.